The van der Waals surface area contributed by atoms with E-state index in [2.05, 4.69) is 10.6 Å². The van der Waals surface area contributed by atoms with Crippen LogP contribution in [0.5, 0.6) is 0 Å². The summed E-state index contributed by atoms with van der Waals surface area (Å²) >= 11 is 6.12. The Bertz CT molecular complexity index is 1330. The number of carbonyl (C=O) groups excluding carboxylic acids is 4. The standard InChI is InChI=1S/C32H43ClN4O8/c1-31(2,3)45-30(41)34-26(20-43-4)28(39)35-32(19-22-10-12-24(33)13-11-22)14-8-15-36(21-32)29(40)23(18-27(38)44-5)17-25-9-6-7-16-37(25)42/h6-7,9-13,16,23,26H,8,14-15,17-21H2,1-5H3,(H,34,41)(H,35,39)/t23?,26?,32-/m1/s1. The van der Waals surface area contributed by atoms with Gasteiger partial charge >= 0.3 is 12.1 Å². The van der Waals surface area contributed by atoms with Crippen LogP contribution in [-0.2, 0) is 41.4 Å². The van der Waals surface area contributed by atoms with Gasteiger partial charge in [-0.05, 0) is 57.7 Å². The van der Waals surface area contributed by atoms with Crippen LogP contribution in [0.1, 0.15) is 51.3 Å². The van der Waals surface area contributed by atoms with E-state index in [4.69, 9.17) is 25.8 Å². The van der Waals surface area contributed by atoms with Gasteiger partial charge in [0.05, 0.1) is 31.6 Å². The van der Waals surface area contributed by atoms with Gasteiger partial charge < -0.3 is 35.0 Å². The summed E-state index contributed by atoms with van der Waals surface area (Å²) in [6, 6.07) is 11.0. The first kappa shape index (κ1) is 35.6. The molecule has 2 N–H and O–H groups in total. The lowest BCUT2D eigenvalue weighted by Crippen LogP contribution is -2.64. The SMILES string of the molecule is COCC(NC(=O)OC(C)(C)C)C(=O)N[C@@]1(Cc2ccc(Cl)cc2)CCCN(C(=O)C(CC(=O)OC)Cc2cccc[n+]2[O-])C1. The van der Waals surface area contributed by atoms with Gasteiger partial charge in [-0.3, -0.25) is 14.4 Å². The van der Waals surface area contributed by atoms with Gasteiger partial charge in [0.2, 0.25) is 11.8 Å². The van der Waals surface area contributed by atoms with Crippen LogP contribution in [0.2, 0.25) is 5.02 Å². The van der Waals surface area contributed by atoms with Crippen molar-refractivity contribution in [1.82, 2.24) is 15.5 Å². The number of halogens is 1. The van der Waals surface area contributed by atoms with E-state index >= 15 is 0 Å². The number of likely N-dealkylation sites (tertiary alicyclic amines) is 1. The molecule has 0 radical (unpaired) electrons. The predicted octanol–water partition coefficient (Wildman–Crippen LogP) is 2.96. The van der Waals surface area contributed by atoms with Crippen LogP contribution in [0.15, 0.2) is 48.7 Å². The molecule has 246 valence electrons. The lowest BCUT2D eigenvalue weighted by molar-refractivity contribution is -0.614. The molecule has 3 atom stereocenters. The Labute approximate surface area is 268 Å². The molecule has 3 rings (SSSR count). The maximum atomic E-state index is 14.0. The number of ether oxygens (including phenoxy) is 3. The molecule has 1 saturated heterocycles. The van der Waals surface area contributed by atoms with E-state index < -0.39 is 41.1 Å². The van der Waals surface area contributed by atoms with Crippen molar-refractivity contribution < 1.29 is 38.1 Å². The van der Waals surface area contributed by atoms with Crippen LogP contribution in [-0.4, -0.2) is 79.9 Å². The topological polar surface area (TPSA) is 150 Å². The number of pyridine rings is 1. The predicted molar refractivity (Wildman–Crippen MR) is 166 cm³/mol. The Morgan fingerprint density at radius 1 is 1.11 bits per heavy atom. The van der Waals surface area contributed by atoms with Gasteiger partial charge in [0.1, 0.15) is 11.6 Å². The Morgan fingerprint density at radius 3 is 2.44 bits per heavy atom. The molecule has 0 bridgehead atoms. The number of amides is 3. The van der Waals surface area contributed by atoms with E-state index in [0.29, 0.717) is 41.3 Å². The lowest BCUT2D eigenvalue weighted by Gasteiger charge is -2.45. The second-order valence-electron chi connectivity index (χ2n) is 12.3. The number of hydrogen-bond acceptors (Lipinski definition) is 8. The molecular formula is C32H43ClN4O8. The maximum Gasteiger partial charge on any atom is 0.408 e. The van der Waals surface area contributed by atoms with Crippen molar-refractivity contribution in [2.45, 2.75) is 70.1 Å². The number of aromatic nitrogens is 1. The van der Waals surface area contributed by atoms with Gasteiger partial charge in [-0.15, -0.1) is 0 Å². The maximum absolute atomic E-state index is 14.0. The average molecular weight is 647 g/mol. The highest BCUT2D eigenvalue weighted by atomic mass is 35.5. The number of carbonyl (C=O) groups is 4. The smallest absolute Gasteiger partial charge is 0.408 e. The lowest BCUT2D eigenvalue weighted by atomic mass is 9.82. The molecule has 12 nitrogen and oxygen atoms in total. The van der Waals surface area contributed by atoms with Crippen molar-refractivity contribution in [2.75, 3.05) is 33.9 Å². The van der Waals surface area contributed by atoms with E-state index in [-0.39, 0.29) is 31.9 Å². The second-order valence-corrected chi connectivity index (χ2v) is 12.7. The summed E-state index contributed by atoms with van der Waals surface area (Å²) in [5, 5.41) is 18.7. The molecule has 1 aromatic carbocycles. The van der Waals surface area contributed by atoms with Gasteiger partial charge in [0.25, 0.3) is 0 Å². The molecule has 1 fully saturated rings. The first-order chi connectivity index (χ1) is 21.2. The molecular weight excluding hydrogens is 604 g/mol. The van der Waals surface area contributed by atoms with E-state index in [1.165, 1.54) is 20.4 Å². The Hall–Kier alpha value is -3.90. The van der Waals surface area contributed by atoms with Gasteiger partial charge in [-0.2, -0.15) is 4.73 Å². The molecule has 1 aromatic heterocycles. The minimum absolute atomic E-state index is 0.0288. The molecule has 0 aliphatic carbocycles. The van der Waals surface area contributed by atoms with Gasteiger partial charge in [-0.25, -0.2) is 4.79 Å². The molecule has 2 heterocycles. The van der Waals surface area contributed by atoms with Crippen LogP contribution in [0.25, 0.3) is 0 Å². The molecule has 2 unspecified atom stereocenters. The molecule has 1 aliphatic rings. The van der Waals surface area contributed by atoms with Gasteiger partial charge in [0, 0.05) is 43.8 Å². The normalized spacial score (nSPS) is 18.0. The third-order valence-corrected chi connectivity index (χ3v) is 7.68. The number of esters is 1. The number of rotatable bonds is 12. The first-order valence-corrected chi connectivity index (χ1v) is 15.2. The molecule has 3 amide bonds. The van der Waals surface area contributed by atoms with E-state index in [9.17, 15) is 24.4 Å². The van der Waals surface area contributed by atoms with Crippen LogP contribution in [0.3, 0.4) is 0 Å². The Kier molecular flexibility index (Phi) is 12.6. The van der Waals surface area contributed by atoms with Crippen molar-refractivity contribution in [1.29, 1.82) is 0 Å². The zero-order chi connectivity index (χ0) is 33.2. The zero-order valence-electron chi connectivity index (χ0n) is 26.5. The number of benzene rings is 1. The molecule has 13 heteroatoms. The minimum atomic E-state index is -1.07. The Balaban J connectivity index is 1.91. The molecule has 2 aromatic rings. The largest absolute Gasteiger partial charge is 0.619 e. The molecule has 0 spiro atoms. The summed E-state index contributed by atoms with van der Waals surface area (Å²) in [4.78, 5) is 54.3. The van der Waals surface area contributed by atoms with Crippen molar-refractivity contribution in [3.8, 4) is 0 Å². The quantitative estimate of drug-likeness (QED) is 0.203. The molecule has 45 heavy (non-hydrogen) atoms. The third kappa shape index (κ3) is 10.9. The number of methoxy groups -OCH3 is 2. The first-order valence-electron chi connectivity index (χ1n) is 14.8. The van der Waals surface area contributed by atoms with E-state index in [1.807, 2.05) is 12.1 Å². The van der Waals surface area contributed by atoms with Crippen LogP contribution < -0.4 is 15.4 Å². The van der Waals surface area contributed by atoms with Crippen molar-refractivity contribution in [3.63, 3.8) is 0 Å². The van der Waals surface area contributed by atoms with E-state index in [0.717, 1.165) is 5.56 Å². The fourth-order valence-electron chi connectivity index (χ4n) is 5.41. The highest BCUT2D eigenvalue weighted by molar-refractivity contribution is 6.30. The highest BCUT2D eigenvalue weighted by Gasteiger charge is 2.42. The minimum Gasteiger partial charge on any atom is -0.619 e. The second kappa shape index (κ2) is 15.9. The summed E-state index contributed by atoms with van der Waals surface area (Å²) in [5.41, 5.74) is -0.501. The summed E-state index contributed by atoms with van der Waals surface area (Å²) in [6.07, 6.45) is 1.81. The summed E-state index contributed by atoms with van der Waals surface area (Å²) in [7, 11) is 2.66. The van der Waals surface area contributed by atoms with Crippen molar-refractivity contribution >= 4 is 35.5 Å². The number of hydrogen-bond donors (Lipinski definition) is 2. The summed E-state index contributed by atoms with van der Waals surface area (Å²) in [6.45, 7) is 5.55. The van der Waals surface area contributed by atoms with Gasteiger partial charge in [-0.1, -0.05) is 29.8 Å². The van der Waals surface area contributed by atoms with Crippen LogP contribution in [0, 0.1) is 11.1 Å². The van der Waals surface area contributed by atoms with Gasteiger partial charge in [0.15, 0.2) is 11.9 Å². The van der Waals surface area contributed by atoms with Crippen LogP contribution >= 0.6 is 11.6 Å². The van der Waals surface area contributed by atoms with Crippen molar-refractivity contribution in [2.24, 2.45) is 5.92 Å². The molecule has 1 aliphatic heterocycles. The van der Waals surface area contributed by atoms with Crippen molar-refractivity contribution in [3.05, 3.63) is 70.1 Å². The highest BCUT2D eigenvalue weighted by Crippen LogP contribution is 2.29. The molecule has 0 saturated carbocycles. The number of alkyl carbamates (subject to hydrolysis) is 1. The number of piperidine rings is 1. The fourth-order valence-corrected chi connectivity index (χ4v) is 5.54. The fraction of sp³-hybridized carbons (Fsp3) is 0.531. The van der Waals surface area contributed by atoms with Crippen LogP contribution in [0.4, 0.5) is 4.79 Å². The number of nitrogens with zero attached hydrogens (tertiary/aromatic N) is 2. The zero-order valence-corrected chi connectivity index (χ0v) is 27.2. The van der Waals surface area contributed by atoms with E-state index in [1.54, 1.807) is 56.0 Å². The summed E-state index contributed by atoms with van der Waals surface area (Å²) < 4.78 is 16.1. The monoisotopic (exact) mass is 646 g/mol. The number of nitrogens with one attached hydrogen (secondary N) is 2. The Morgan fingerprint density at radius 2 is 1.82 bits per heavy atom. The summed E-state index contributed by atoms with van der Waals surface area (Å²) in [5.74, 6) is -2.28. The average Bonchev–Trinajstić information content (AvgIpc) is 2.97. The third-order valence-electron chi connectivity index (χ3n) is 7.42.